The molecule has 3 nitrogen and oxygen atoms in total. The van der Waals surface area contributed by atoms with E-state index in [-0.39, 0.29) is 6.04 Å². The summed E-state index contributed by atoms with van der Waals surface area (Å²) in [5, 5.41) is 0. The minimum absolute atomic E-state index is 0.150. The number of ether oxygens (including phenoxy) is 2. The fourth-order valence-electron chi connectivity index (χ4n) is 2.02. The van der Waals surface area contributed by atoms with Gasteiger partial charge in [-0.1, -0.05) is 37.3 Å². The van der Waals surface area contributed by atoms with Crippen molar-refractivity contribution in [3.63, 3.8) is 0 Å². The van der Waals surface area contributed by atoms with E-state index in [4.69, 9.17) is 15.2 Å². The standard InChI is InChI=1S/C17H21NO2/c1-3-14(18)12-13-8-4-5-9-15(13)20-17-11-7-6-10-16(17)19-2/h4-11,14H,3,12,18H2,1-2H3. The van der Waals surface area contributed by atoms with Gasteiger partial charge in [-0.05, 0) is 36.6 Å². The molecule has 2 aromatic rings. The Morgan fingerprint density at radius 2 is 1.55 bits per heavy atom. The summed E-state index contributed by atoms with van der Waals surface area (Å²) < 4.78 is 11.3. The molecule has 0 bridgehead atoms. The molecule has 2 rings (SSSR count). The Balaban J connectivity index is 2.24. The molecule has 0 aliphatic heterocycles. The van der Waals surface area contributed by atoms with Gasteiger partial charge in [0.25, 0.3) is 0 Å². The number of benzene rings is 2. The van der Waals surface area contributed by atoms with Crippen LogP contribution in [0.2, 0.25) is 0 Å². The summed E-state index contributed by atoms with van der Waals surface area (Å²) >= 11 is 0. The maximum Gasteiger partial charge on any atom is 0.169 e. The number of para-hydroxylation sites is 3. The highest BCUT2D eigenvalue weighted by Crippen LogP contribution is 2.32. The van der Waals surface area contributed by atoms with Gasteiger partial charge >= 0.3 is 0 Å². The van der Waals surface area contributed by atoms with Crippen molar-refractivity contribution in [1.82, 2.24) is 0 Å². The molecular formula is C17H21NO2. The van der Waals surface area contributed by atoms with Crippen molar-refractivity contribution in [2.24, 2.45) is 5.73 Å². The van der Waals surface area contributed by atoms with Crippen LogP contribution in [-0.2, 0) is 6.42 Å². The van der Waals surface area contributed by atoms with E-state index in [0.717, 1.165) is 29.9 Å². The van der Waals surface area contributed by atoms with Crippen LogP contribution in [0.25, 0.3) is 0 Å². The molecule has 0 heterocycles. The molecule has 0 aliphatic rings. The molecule has 0 saturated carbocycles. The van der Waals surface area contributed by atoms with E-state index in [2.05, 4.69) is 13.0 Å². The maximum absolute atomic E-state index is 6.04. The summed E-state index contributed by atoms with van der Waals surface area (Å²) in [5.74, 6) is 2.27. The van der Waals surface area contributed by atoms with Gasteiger partial charge in [0.1, 0.15) is 5.75 Å². The minimum Gasteiger partial charge on any atom is -0.493 e. The van der Waals surface area contributed by atoms with Gasteiger partial charge in [0, 0.05) is 6.04 Å². The molecule has 1 atom stereocenters. The Labute approximate surface area is 120 Å². The Kier molecular flexibility index (Phi) is 5.02. The number of hydrogen-bond acceptors (Lipinski definition) is 3. The van der Waals surface area contributed by atoms with Crippen molar-refractivity contribution >= 4 is 0 Å². The zero-order chi connectivity index (χ0) is 14.4. The van der Waals surface area contributed by atoms with Gasteiger partial charge in [0.15, 0.2) is 11.5 Å². The first-order chi connectivity index (χ1) is 9.74. The normalized spacial score (nSPS) is 11.9. The summed E-state index contributed by atoms with van der Waals surface area (Å²) in [7, 11) is 1.64. The first-order valence-corrected chi connectivity index (χ1v) is 6.89. The zero-order valence-electron chi connectivity index (χ0n) is 12.0. The zero-order valence-corrected chi connectivity index (χ0v) is 12.0. The van der Waals surface area contributed by atoms with Gasteiger partial charge in [-0.2, -0.15) is 0 Å². The van der Waals surface area contributed by atoms with Gasteiger partial charge in [-0.3, -0.25) is 0 Å². The molecule has 1 unspecified atom stereocenters. The SMILES string of the molecule is CCC(N)Cc1ccccc1Oc1ccccc1OC. The smallest absolute Gasteiger partial charge is 0.169 e. The van der Waals surface area contributed by atoms with E-state index < -0.39 is 0 Å². The fourth-order valence-corrected chi connectivity index (χ4v) is 2.02. The van der Waals surface area contributed by atoms with Crippen LogP contribution in [0.4, 0.5) is 0 Å². The second-order valence-electron chi connectivity index (χ2n) is 4.73. The summed E-state index contributed by atoms with van der Waals surface area (Å²) in [6.45, 7) is 2.09. The molecule has 0 saturated heterocycles. The second kappa shape index (κ2) is 6.96. The van der Waals surface area contributed by atoms with Gasteiger partial charge in [0.05, 0.1) is 7.11 Å². The highest BCUT2D eigenvalue weighted by molar-refractivity contribution is 5.45. The predicted molar refractivity (Wildman–Crippen MR) is 81.5 cm³/mol. The fraction of sp³-hybridized carbons (Fsp3) is 0.294. The first-order valence-electron chi connectivity index (χ1n) is 6.89. The van der Waals surface area contributed by atoms with Crippen LogP contribution >= 0.6 is 0 Å². The molecular weight excluding hydrogens is 250 g/mol. The number of nitrogens with two attached hydrogens (primary N) is 1. The van der Waals surface area contributed by atoms with E-state index in [9.17, 15) is 0 Å². The van der Waals surface area contributed by atoms with Crippen LogP contribution < -0.4 is 15.2 Å². The van der Waals surface area contributed by atoms with Crippen molar-refractivity contribution in [2.75, 3.05) is 7.11 Å². The molecule has 0 aliphatic carbocycles. The van der Waals surface area contributed by atoms with Gasteiger partial charge in [-0.25, -0.2) is 0 Å². The first kappa shape index (κ1) is 14.4. The molecule has 0 amide bonds. The molecule has 3 heteroatoms. The van der Waals surface area contributed by atoms with Crippen LogP contribution in [-0.4, -0.2) is 13.2 Å². The topological polar surface area (TPSA) is 44.5 Å². The van der Waals surface area contributed by atoms with Crippen molar-refractivity contribution < 1.29 is 9.47 Å². The summed E-state index contributed by atoms with van der Waals surface area (Å²) in [6.07, 6.45) is 1.75. The molecule has 0 fully saturated rings. The predicted octanol–water partition coefficient (Wildman–Crippen LogP) is 3.77. The van der Waals surface area contributed by atoms with Crippen molar-refractivity contribution in [3.05, 3.63) is 54.1 Å². The lowest BCUT2D eigenvalue weighted by Gasteiger charge is -2.15. The van der Waals surface area contributed by atoms with Gasteiger partial charge in [-0.15, -0.1) is 0 Å². The van der Waals surface area contributed by atoms with E-state index in [1.807, 2.05) is 42.5 Å². The van der Waals surface area contributed by atoms with Crippen molar-refractivity contribution in [3.8, 4) is 17.2 Å². The molecule has 0 radical (unpaired) electrons. The van der Waals surface area contributed by atoms with Crippen LogP contribution in [0.5, 0.6) is 17.2 Å². The van der Waals surface area contributed by atoms with E-state index >= 15 is 0 Å². The minimum atomic E-state index is 0.150. The highest BCUT2D eigenvalue weighted by atomic mass is 16.5. The maximum atomic E-state index is 6.04. The van der Waals surface area contributed by atoms with Crippen molar-refractivity contribution in [2.45, 2.75) is 25.8 Å². The average molecular weight is 271 g/mol. The third-order valence-corrected chi connectivity index (χ3v) is 3.27. The summed E-state index contributed by atoms with van der Waals surface area (Å²) in [4.78, 5) is 0. The van der Waals surface area contributed by atoms with Crippen molar-refractivity contribution in [1.29, 1.82) is 0 Å². The van der Waals surface area contributed by atoms with Gasteiger partial charge in [0.2, 0.25) is 0 Å². The largest absolute Gasteiger partial charge is 0.493 e. The number of methoxy groups -OCH3 is 1. The molecule has 20 heavy (non-hydrogen) atoms. The van der Waals surface area contributed by atoms with Gasteiger partial charge < -0.3 is 15.2 Å². The highest BCUT2D eigenvalue weighted by Gasteiger charge is 2.10. The Morgan fingerprint density at radius 3 is 2.20 bits per heavy atom. The Bertz CT molecular complexity index is 554. The molecule has 0 aromatic heterocycles. The van der Waals surface area contributed by atoms with Crippen LogP contribution in [0.3, 0.4) is 0 Å². The molecule has 106 valence electrons. The summed E-state index contributed by atoms with van der Waals surface area (Å²) in [6, 6.07) is 15.8. The van der Waals surface area contributed by atoms with Crippen LogP contribution in [0.15, 0.2) is 48.5 Å². The number of rotatable bonds is 6. The number of hydrogen-bond donors (Lipinski definition) is 1. The molecule has 0 spiro atoms. The van der Waals surface area contributed by atoms with E-state index in [0.29, 0.717) is 5.75 Å². The quantitative estimate of drug-likeness (QED) is 0.869. The lowest BCUT2D eigenvalue weighted by molar-refractivity contribution is 0.377. The lowest BCUT2D eigenvalue weighted by atomic mass is 10.0. The monoisotopic (exact) mass is 271 g/mol. The van der Waals surface area contributed by atoms with Crippen LogP contribution in [0, 0.1) is 0 Å². The summed E-state index contributed by atoms with van der Waals surface area (Å²) in [5.41, 5.74) is 7.16. The molecule has 2 N–H and O–H groups in total. The Hall–Kier alpha value is -2.00. The third kappa shape index (κ3) is 3.52. The second-order valence-corrected chi connectivity index (χ2v) is 4.73. The molecule has 2 aromatic carbocycles. The lowest BCUT2D eigenvalue weighted by Crippen LogP contribution is -2.21. The van der Waals surface area contributed by atoms with Crippen LogP contribution in [0.1, 0.15) is 18.9 Å². The third-order valence-electron chi connectivity index (χ3n) is 3.27. The average Bonchev–Trinajstić information content (AvgIpc) is 2.49. The Morgan fingerprint density at radius 1 is 0.950 bits per heavy atom. The van der Waals surface area contributed by atoms with E-state index in [1.165, 1.54) is 0 Å². The van der Waals surface area contributed by atoms with E-state index in [1.54, 1.807) is 7.11 Å².